The van der Waals surface area contributed by atoms with Gasteiger partial charge in [0.05, 0.1) is 12.2 Å². The van der Waals surface area contributed by atoms with Crippen LogP contribution in [-0.4, -0.2) is 18.6 Å². The molecule has 0 aromatic carbocycles. The fraction of sp³-hybridized carbons (Fsp3) is 0.111. The van der Waals surface area contributed by atoms with Crippen molar-refractivity contribution in [1.82, 2.24) is 14.9 Å². The van der Waals surface area contributed by atoms with Crippen LogP contribution in [0.25, 0.3) is 0 Å². The van der Waals surface area contributed by atoms with Gasteiger partial charge in [-0.2, -0.15) is 0 Å². The summed E-state index contributed by atoms with van der Waals surface area (Å²) in [5.41, 5.74) is 5.97. The minimum absolute atomic E-state index is 0.0349. The molecule has 0 fully saturated rings. The van der Waals surface area contributed by atoms with Crippen LogP contribution in [0.3, 0.4) is 0 Å². The van der Waals surface area contributed by atoms with E-state index < -0.39 is 10.0 Å². The number of nitrogens with one attached hydrogen (secondary N) is 1. The molecule has 2 rings (SSSR count). The average molecular weight is 254 g/mol. The van der Waals surface area contributed by atoms with E-state index in [4.69, 9.17) is 5.73 Å². The Bertz CT molecular complexity index is 594. The Morgan fingerprint density at radius 3 is 2.88 bits per heavy atom. The van der Waals surface area contributed by atoms with Crippen LogP contribution in [-0.2, 0) is 16.6 Å². The lowest BCUT2D eigenvalue weighted by atomic mass is 10.4. The maximum Gasteiger partial charge on any atom is 0.244 e. The van der Waals surface area contributed by atoms with Gasteiger partial charge in [-0.05, 0) is 12.1 Å². The molecule has 0 atom stereocenters. The Labute approximate surface area is 97.7 Å². The van der Waals surface area contributed by atoms with Gasteiger partial charge in [0.2, 0.25) is 10.0 Å². The molecule has 0 spiro atoms. The van der Waals surface area contributed by atoms with Crippen molar-refractivity contribution in [2.75, 3.05) is 5.73 Å². The normalized spacial score (nSPS) is 11.5. The number of nitrogens with two attached hydrogens (primary N) is 1. The topological polar surface area (TPSA) is 111 Å². The number of hydrogen-bond donors (Lipinski definition) is 2. The average Bonchev–Trinajstić information content (AvgIpc) is 2.80. The first-order valence-corrected chi connectivity index (χ1v) is 6.17. The molecule has 0 aliphatic carbocycles. The Kier molecular flexibility index (Phi) is 3.07. The monoisotopic (exact) mass is 254 g/mol. The van der Waals surface area contributed by atoms with Crippen LogP contribution in [0.1, 0.15) is 5.69 Å². The van der Waals surface area contributed by atoms with Gasteiger partial charge in [0.1, 0.15) is 17.0 Å². The van der Waals surface area contributed by atoms with Gasteiger partial charge in [0.15, 0.2) is 0 Å². The van der Waals surface area contributed by atoms with Gasteiger partial charge >= 0.3 is 0 Å². The van der Waals surface area contributed by atoms with Crippen molar-refractivity contribution in [3.8, 4) is 0 Å². The Morgan fingerprint density at radius 1 is 1.41 bits per heavy atom. The predicted molar refractivity (Wildman–Crippen MR) is 59.2 cm³/mol. The highest BCUT2D eigenvalue weighted by molar-refractivity contribution is 7.89. The first kappa shape index (κ1) is 11.6. The number of anilines is 1. The number of sulfonamides is 1. The van der Waals surface area contributed by atoms with E-state index in [1.807, 2.05) is 0 Å². The van der Waals surface area contributed by atoms with Gasteiger partial charge in [0.25, 0.3) is 0 Å². The third kappa shape index (κ3) is 2.60. The van der Waals surface area contributed by atoms with Crippen LogP contribution in [0.4, 0.5) is 5.82 Å². The number of aromatic nitrogens is 2. The van der Waals surface area contributed by atoms with Crippen molar-refractivity contribution in [3.05, 3.63) is 36.4 Å². The molecule has 17 heavy (non-hydrogen) atoms. The van der Waals surface area contributed by atoms with Crippen LogP contribution in [0.15, 0.2) is 40.1 Å². The molecule has 7 nitrogen and oxygen atoms in total. The first-order chi connectivity index (χ1) is 8.09. The third-order valence-corrected chi connectivity index (χ3v) is 3.47. The molecule has 0 saturated heterocycles. The zero-order valence-electron chi connectivity index (χ0n) is 8.70. The second-order valence-corrected chi connectivity index (χ2v) is 4.94. The van der Waals surface area contributed by atoms with E-state index in [1.54, 1.807) is 6.07 Å². The Hall–Kier alpha value is -1.93. The summed E-state index contributed by atoms with van der Waals surface area (Å²) in [5, 5.41) is 3.59. The van der Waals surface area contributed by atoms with E-state index >= 15 is 0 Å². The van der Waals surface area contributed by atoms with E-state index in [9.17, 15) is 8.42 Å². The molecule has 3 N–H and O–H groups in total. The van der Waals surface area contributed by atoms with E-state index in [1.165, 1.54) is 24.6 Å². The highest BCUT2D eigenvalue weighted by Crippen LogP contribution is 2.14. The van der Waals surface area contributed by atoms with Crippen LogP contribution < -0.4 is 10.5 Å². The highest BCUT2D eigenvalue weighted by atomic mass is 32.2. The quantitative estimate of drug-likeness (QED) is 0.802. The molecule has 2 aromatic heterocycles. The minimum Gasteiger partial charge on any atom is -0.383 e. The van der Waals surface area contributed by atoms with E-state index in [-0.39, 0.29) is 17.3 Å². The maximum absolute atomic E-state index is 11.9. The summed E-state index contributed by atoms with van der Waals surface area (Å²) in [6, 6.07) is 4.45. The van der Waals surface area contributed by atoms with E-state index in [0.29, 0.717) is 5.69 Å². The van der Waals surface area contributed by atoms with Crippen molar-refractivity contribution in [2.24, 2.45) is 0 Å². The minimum atomic E-state index is -3.69. The van der Waals surface area contributed by atoms with Gasteiger partial charge < -0.3 is 10.3 Å². The van der Waals surface area contributed by atoms with Crippen molar-refractivity contribution in [2.45, 2.75) is 11.4 Å². The fourth-order valence-electron chi connectivity index (χ4n) is 1.21. The molecule has 90 valence electrons. The summed E-state index contributed by atoms with van der Waals surface area (Å²) in [7, 11) is -3.69. The van der Waals surface area contributed by atoms with Crippen molar-refractivity contribution in [1.29, 1.82) is 0 Å². The standard InChI is InChI=1S/C9H10N4O3S/c10-9-8(2-1-4-11-9)17(14,15)12-6-7-3-5-16-13-7/h1-5,12H,6H2,(H2,10,11). The molecule has 0 saturated carbocycles. The summed E-state index contributed by atoms with van der Waals surface area (Å²) in [4.78, 5) is 3.66. The summed E-state index contributed by atoms with van der Waals surface area (Å²) in [6.45, 7) is 0.0349. The summed E-state index contributed by atoms with van der Waals surface area (Å²) in [5.74, 6) is -0.0415. The lowest BCUT2D eigenvalue weighted by Gasteiger charge is -2.06. The van der Waals surface area contributed by atoms with E-state index in [0.717, 1.165) is 0 Å². The Balaban J connectivity index is 2.17. The molecule has 2 aromatic rings. The van der Waals surface area contributed by atoms with Gasteiger partial charge in [-0.1, -0.05) is 5.16 Å². The lowest BCUT2D eigenvalue weighted by molar-refractivity contribution is 0.411. The van der Waals surface area contributed by atoms with E-state index in [2.05, 4.69) is 19.4 Å². The molecule has 2 heterocycles. The second kappa shape index (κ2) is 4.52. The van der Waals surface area contributed by atoms with Gasteiger partial charge in [-0.25, -0.2) is 18.1 Å². The zero-order valence-corrected chi connectivity index (χ0v) is 9.52. The van der Waals surface area contributed by atoms with Crippen LogP contribution >= 0.6 is 0 Å². The summed E-state index contributed by atoms with van der Waals surface area (Å²) in [6.07, 6.45) is 2.79. The fourth-order valence-corrected chi connectivity index (χ4v) is 2.28. The molecule has 0 aliphatic rings. The van der Waals surface area contributed by atoms with Crippen LogP contribution in [0, 0.1) is 0 Å². The van der Waals surface area contributed by atoms with Crippen molar-refractivity contribution in [3.63, 3.8) is 0 Å². The largest absolute Gasteiger partial charge is 0.383 e. The molecular weight excluding hydrogens is 244 g/mol. The summed E-state index contributed by atoms with van der Waals surface area (Å²) < 4.78 is 30.7. The molecule has 0 aliphatic heterocycles. The molecule has 0 radical (unpaired) electrons. The molecule has 0 amide bonds. The SMILES string of the molecule is Nc1ncccc1S(=O)(=O)NCc1ccon1. The second-order valence-electron chi connectivity index (χ2n) is 3.20. The number of pyridine rings is 1. The summed E-state index contributed by atoms with van der Waals surface area (Å²) >= 11 is 0. The van der Waals surface area contributed by atoms with Gasteiger partial charge in [-0.3, -0.25) is 0 Å². The maximum atomic E-state index is 11.9. The predicted octanol–water partition coefficient (Wildman–Crippen LogP) is 0.130. The van der Waals surface area contributed by atoms with Gasteiger partial charge in [-0.15, -0.1) is 0 Å². The van der Waals surface area contributed by atoms with Crippen LogP contribution in [0.2, 0.25) is 0 Å². The molecular formula is C9H10N4O3S. The van der Waals surface area contributed by atoms with Crippen molar-refractivity contribution < 1.29 is 12.9 Å². The highest BCUT2D eigenvalue weighted by Gasteiger charge is 2.17. The molecule has 0 unspecified atom stereocenters. The molecule has 0 bridgehead atoms. The first-order valence-electron chi connectivity index (χ1n) is 4.69. The van der Waals surface area contributed by atoms with Gasteiger partial charge in [0, 0.05) is 12.3 Å². The van der Waals surface area contributed by atoms with Crippen molar-refractivity contribution >= 4 is 15.8 Å². The van der Waals surface area contributed by atoms with Crippen LogP contribution in [0.5, 0.6) is 0 Å². The molecule has 8 heteroatoms. The Morgan fingerprint density at radius 2 is 2.24 bits per heavy atom. The third-order valence-electron chi connectivity index (χ3n) is 2.02. The number of rotatable bonds is 4. The number of hydrogen-bond acceptors (Lipinski definition) is 6. The number of nitrogen functional groups attached to an aromatic ring is 1. The zero-order chi connectivity index (χ0) is 12.3. The lowest BCUT2D eigenvalue weighted by Crippen LogP contribution is -2.24. The smallest absolute Gasteiger partial charge is 0.244 e. The number of nitrogens with zero attached hydrogens (tertiary/aromatic N) is 2.